The number of halogens is 1. The van der Waals surface area contributed by atoms with Crippen LogP contribution in [0.5, 0.6) is 0 Å². The van der Waals surface area contributed by atoms with Crippen LogP contribution in [0.25, 0.3) is 5.69 Å². The van der Waals surface area contributed by atoms with Crippen molar-refractivity contribution >= 4 is 27.7 Å². The van der Waals surface area contributed by atoms with Crippen LogP contribution in [-0.4, -0.2) is 21.6 Å². The highest BCUT2D eigenvalue weighted by Gasteiger charge is 2.36. The number of carbonyl (C=O) groups excluding carboxylic acids is 2. The highest BCUT2D eigenvalue weighted by molar-refractivity contribution is 9.10. The fourth-order valence-electron chi connectivity index (χ4n) is 3.47. The lowest BCUT2D eigenvalue weighted by Crippen LogP contribution is -2.33. The van der Waals surface area contributed by atoms with Crippen LogP contribution in [0.4, 0.5) is 0 Å². The van der Waals surface area contributed by atoms with E-state index in [-0.39, 0.29) is 23.6 Å². The van der Waals surface area contributed by atoms with Gasteiger partial charge in [0.05, 0.1) is 17.4 Å². The van der Waals surface area contributed by atoms with Crippen LogP contribution in [0.2, 0.25) is 0 Å². The fourth-order valence-corrected chi connectivity index (χ4v) is 3.86. The molecule has 0 aliphatic heterocycles. The Morgan fingerprint density at radius 3 is 2.76 bits per heavy atom. The molecule has 2 aliphatic carbocycles. The number of nitrogens with two attached hydrogens (primary N) is 1. The molecule has 2 aromatic rings. The first-order valence-electron chi connectivity index (χ1n) is 8.52. The van der Waals surface area contributed by atoms with Gasteiger partial charge in [0.1, 0.15) is 0 Å². The van der Waals surface area contributed by atoms with Gasteiger partial charge in [0.25, 0.3) is 5.91 Å². The highest BCUT2D eigenvalue weighted by atomic mass is 79.9. The Hall–Kier alpha value is -2.15. The lowest BCUT2D eigenvalue weighted by Gasteiger charge is -2.25. The van der Waals surface area contributed by atoms with Gasteiger partial charge in [-0.1, -0.05) is 22.0 Å². The second-order valence-electron chi connectivity index (χ2n) is 6.69. The molecule has 7 heteroatoms. The van der Waals surface area contributed by atoms with Gasteiger partial charge in [-0.05, 0) is 50.3 Å². The van der Waals surface area contributed by atoms with Crippen molar-refractivity contribution < 1.29 is 9.59 Å². The molecule has 4 rings (SSSR count). The average molecular weight is 403 g/mol. The number of primary amides is 1. The van der Waals surface area contributed by atoms with Crippen molar-refractivity contribution in [2.45, 2.75) is 38.1 Å². The van der Waals surface area contributed by atoms with Gasteiger partial charge >= 0.3 is 0 Å². The fraction of sp³-hybridized carbons (Fsp3) is 0.389. The van der Waals surface area contributed by atoms with Crippen molar-refractivity contribution in [1.82, 2.24) is 15.1 Å². The molecule has 0 saturated heterocycles. The predicted octanol–water partition coefficient (Wildman–Crippen LogP) is 2.64. The van der Waals surface area contributed by atoms with Gasteiger partial charge in [0.2, 0.25) is 5.91 Å². The maximum atomic E-state index is 12.2. The SMILES string of the molecule is NC(=O)c1nn(-c2cccc(Br)c2)c2c1C(NC(=O)C1CC1)CCC2. The summed E-state index contributed by atoms with van der Waals surface area (Å²) in [6.07, 6.45) is 4.44. The van der Waals surface area contributed by atoms with E-state index in [2.05, 4.69) is 26.3 Å². The molecule has 0 radical (unpaired) electrons. The van der Waals surface area contributed by atoms with Crippen LogP contribution in [0.3, 0.4) is 0 Å². The summed E-state index contributed by atoms with van der Waals surface area (Å²) in [5, 5.41) is 7.59. The summed E-state index contributed by atoms with van der Waals surface area (Å²) < 4.78 is 2.72. The van der Waals surface area contributed by atoms with Crippen molar-refractivity contribution in [2.24, 2.45) is 11.7 Å². The number of hydrogen-bond donors (Lipinski definition) is 2. The number of rotatable bonds is 4. The second-order valence-corrected chi connectivity index (χ2v) is 7.61. The largest absolute Gasteiger partial charge is 0.364 e. The molecule has 6 nitrogen and oxygen atoms in total. The van der Waals surface area contributed by atoms with Gasteiger partial charge < -0.3 is 11.1 Å². The van der Waals surface area contributed by atoms with Gasteiger partial charge in [0.15, 0.2) is 5.69 Å². The van der Waals surface area contributed by atoms with E-state index in [0.717, 1.165) is 53.5 Å². The lowest BCUT2D eigenvalue weighted by molar-refractivity contribution is -0.123. The summed E-state index contributed by atoms with van der Waals surface area (Å²) in [5.74, 6) is -0.358. The minimum absolute atomic E-state index is 0.0727. The zero-order valence-electron chi connectivity index (χ0n) is 13.7. The number of nitrogens with one attached hydrogen (secondary N) is 1. The summed E-state index contributed by atoms with van der Waals surface area (Å²) in [5.41, 5.74) is 8.46. The van der Waals surface area contributed by atoms with Crippen LogP contribution < -0.4 is 11.1 Å². The van der Waals surface area contributed by atoms with E-state index in [4.69, 9.17) is 5.73 Å². The molecule has 1 saturated carbocycles. The molecule has 25 heavy (non-hydrogen) atoms. The Morgan fingerprint density at radius 2 is 2.08 bits per heavy atom. The minimum atomic E-state index is -0.558. The van der Waals surface area contributed by atoms with Crippen molar-refractivity contribution in [1.29, 1.82) is 0 Å². The zero-order chi connectivity index (χ0) is 17.6. The first-order chi connectivity index (χ1) is 12.0. The van der Waals surface area contributed by atoms with Crippen LogP contribution in [-0.2, 0) is 11.2 Å². The molecule has 1 atom stereocenters. The van der Waals surface area contributed by atoms with Gasteiger partial charge in [-0.25, -0.2) is 4.68 Å². The summed E-state index contributed by atoms with van der Waals surface area (Å²) in [6.45, 7) is 0. The molecule has 1 unspecified atom stereocenters. The van der Waals surface area contributed by atoms with Gasteiger partial charge in [-0.2, -0.15) is 5.10 Å². The van der Waals surface area contributed by atoms with E-state index in [1.54, 1.807) is 4.68 Å². The van der Waals surface area contributed by atoms with E-state index in [1.807, 2.05) is 24.3 Å². The van der Waals surface area contributed by atoms with E-state index in [0.29, 0.717) is 0 Å². The van der Waals surface area contributed by atoms with Crippen LogP contribution in [0.15, 0.2) is 28.7 Å². The number of benzene rings is 1. The smallest absolute Gasteiger partial charge is 0.269 e. The summed E-state index contributed by atoms with van der Waals surface area (Å²) in [4.78, 5) is 24.2. The third-order valence-electron chi connectivity index (χ3n) is 4.83. The third kappa shape index (κ3) is 3.08. The molecule has 1 aromatic heterocycles. The quantitative estimate of drug-likeness (QED) is 0.823. The molecule has 1 heterocycles. The van der Waals surface area contributed by atoms with Gasteiger partial charge in [-0.15, -0.1) is 0 Å². The molecular formula is C18H19BrN4O2. The number of aromatic nitrogens is 2. The zero-order valence-corrected chi connectivity index (χ0v) is 15.3. The topological polar surface area (TPSA) is 90.0 Å². The standard InChI is InChI=1S/C18H19BrN4O2/c19-11-3-1-4-12(9-11)23-14-6-2-5-13(21-18(25)10-7-8-10)15(14)16(22-23)17(20)24/h1,3-4,9-10,13H,2,5-8H2,(H2,20,24)(H,21,25). The number of fused-ring (bicyclic) bond motifs is 1. The van der Waals surface area contributed by atoms with E-state index < -0.39 is 5.91 Å². The molecule has 2 amide bonds. The Kier molecular flexibility index (Phi) is 4.11. The highest BCUT2D eigenvalue weighted by Crippen LogP contribution is 2.36. The van der Waals surface area contributed by atoms with Gasteiger partial charge in [0, 0.05) is 16.0 Å². The van der Waals surface area contributed by atoms with E-state index >= 15 is 0 Å². The Balaban J connectivity index is 1.78. The Morgan fingerprint density at radius 1 is 1.28 bits per heavy atom. The maximum Gasteiger partial charge on any atom is 0.269 e. The monoisotopic (exact) mass is 402 g/mol. The number of carbonyl (C=O) groups is 2. The van der Waals surface area contributed by atoms with Gasteiger partial charge in [-0.3, -0.25) is 9.59 Å². The molecule has 0 bridgehead atoms. The third-order valence-corrected chi connectivity index (χ3v) is 5.32. The molecule has 1 fully saturated rings. The normalized spacial score (nSPS) is 19.3. The van der Waals surface area contributed by atoms with Crippen molar-refractivity contribution in [2.75, 3.05) is 0 Å². The number of hydrogen-bond acceptors (Lipinski definition) is 3. The van der Waals surface area contributed by atoms with Crippen LogP contribution in [0.1, 0.15) is 53.5 Å². The summed E-state index contributed by atoms with van der Waals surface area (Å²) in [7, 11) is 0. The Labute approximate surface area is 153 Å². The van der Waals surface area contributed by atoms with Crippen molar-refractivity contribution in [3.8, 4) is 5.69 Å². The molecule has 2 aliphatic rings. The van der Waals surface area contributed by atoms with E-state index in [1.165, 1.54) is 0 Å². The molecule has 3 N–H and O–H groups in total. The Bertz CT molecular complexity index is 857. The predicted molar refractivity (Wildman–Crippen MR) is 96.3 cm³/mol. The summed E-state index contributed by atoms with van der Waals surface area (Å²) >= 11 is 3.47. The van der Waals surface area contributed by atoms with E-state index in [9.17, 15) is 9.59 Å². The molecular weight excluding hydrogens is 384 g/mol. The number of nitrogens with zero attached hydrogens (tertiary/aromatic N) is 2. The lowest BCUT2D eigenvalue weighted by atomic mass is 9.90. The first kappa shape index (κ1) is 16.3. The minimum Gasteiger partial charge on any atom is -0.364 e. The number of amides is 2. The maximum absolute atomic E-state index is 12.2. The molecule has 0 spiro atoms. The van der Waals surface area contributed by atoms with Crippen LogP contribution in [0, 0.1) is 5.92 Å². The second kappa shape index (κ2) is 6.29. The van der Waals surface area contributed by atoms with Crippen LogP contribution >= 0.6 is 15.9 Å². The van der Waals surface area contributed by atoms with Crippen molar-refractivity contribution in [3.05, 3.63) is 45.7 Å². The molecule has 1 aromatic carbocycles. The van der Waals surface area contributed by atoms with Crippen molar-refractivity contribution in [3.63, 3.8) is 0 Å². The summed E-state index contributed by atoms with van der Waals surface area (Å²) in [6, 6.07) is 7.56. The molecule has 130 valence electrons. The first-order valence-corrected chi connectivity index (χ1v) is 9.32. The average Bonchev–Trinajstić information content (AvgIpc) is 3.35.